The Balaban J connectivity index is 0.000000243. The van der Waals surface area contributed by atoms with Crippen LogP contribution in [0.5, 0.6) is 0 Å². The number of likely N-dealkylation sites (tertiary alicyclic amines) is 1. The van der Waals surface area contributed by atoms with Crippen molar-refractivity contribution in [1.82, 2.24) is 20.0 Å². The van der Waals surface area contributed by atoms with E-state index in [-0.39, 0.29) is 66.8 Å². The van der Waals surface area contributed by atoms with Crippen molar-refractivity contribution in [2.75, 3.05) is 40.4 Å². The minimum atomic E-state index is -0.729. The van der Waals surface area contributed by atoms with Crippen LogP contribution in [0, 0.1) is 11.3 Å². The Labute approximate surface area is 318 Å². The van der Waals surface area contributed by atoms with Crippen LogP contribution < -0.4 is 5.32 Å². The van der Waals surface area contributed by atoms with Crippen molar-refractivity contribution in [2.24, 2.45) is 11.3 Å². The summed E-state index contributed by atoms with van der Waals surface area (Å²) >= 11 is 0. The largest absolute Gasteiger partial charge is 0.468 e. The molecule has 6 rings (SSSR count). The molecule has 0 aliphatic carbocycles. The van der Waals surface area contributed by atoms with Gasteiger partial charge in [0.1, 0.15) is 24.3 Å². The van der Waals surface area contributed by atoms with E-state index in [0.717, 1.165) is 18.4 Å². The topological polar surface area (TPSA) is 144 Å². The number of hydrogen-bond donors (Lipinski definition) is 1. The van der Waals surface area contributed by atoms with Crippen LogP contribution in [0.4, 0.5) is 9.59 Å². The van der Waals surface area contributed by atoms with Crippen molar-refractivity contribution in [1.29, 1.82) is 0 Å². The quantitative estimate of drug-likeness (QED) is 0.342. The standard InChI is InChI=1S/C23H32N2O5.C16H20N2O4.ClH/c1-15(23(2,3)4)20(26)25-14-18(12-19(25)21(27)29-5)30-22(28)24-11-10-16-8-6-7-9-17(16)13-24;1-21-15(19)14-8-13(9-17-14)22-16(20)18-7-6-11-4-2-3-5-12(11)10-18;/h6-9,15,18-19H,10-14H2,1-5H3;2-5,13-14,17H,6-10H2,1H3;1H/t15-,18-,19+;13-,14+;/m11./s1. The van der Waals surface area contributed by atoms with E-state index < -0.39 is 24.2 Å². The normalized spacial score (nSPS) is 22.5. The summed E-state index contributed by atoms with van der Waals surface area (Å²) in [6, 6.07) is 15.1. The number of hydrogen-bond acceptors (Lipinski definition) is 10. The number of benzene rings is 2. The number of rotatable bonds is 5. The Morgan fingerprint density at radius 2 is 1.23 bits per heavy atom. The van der Waals surface area contributed by atoms with Crippen LogP contribution in [0.25, 0.3) is 0 Å². The van der Waals surface area contributed by atoms with Crippen LogP contribution >= 0.6 is 12.4 Å². The summed E-state index contributed by atoms with van der Waals surface area (Å²) in [4.78, 5) is 66.8. The fraction of sp³-hybridized carbons (Fsp3) is 0.564. The van der Waals surface area contributed by atoms with Gasteiger partial charge in [-0.1, -0.05) is 76.2 Å². The average molecular weight is 757 g/mol. The molecular weight excluding hydrogens is 704 g/mol. The molecule has 2 fully saturated rings. The number of nitrogens with zero attached hydrogens (tertiary/aromatic N) is 3. The molecule has 0 radical (unpaired) electrons. The van der Waals surface area contributed by atoms with E-state index in [1.165, 1.54) is 35.8 Å². The van der Waals surface area contributed by atoms with Crippen molar-refractivity contribution in [3.63, 3.8) is 0 Å². The van der Waals surface area contributed by atoms with Crippen molar-refractivity contribution < 1.29 is 42.9 Å². The molecule has 2 aromatic rings. The maximum Gasteiger partial charge on any atom is 0.410 e. The second-order valence-electron chi connectivity index (χ2n) is 15.0. The van der Waals surface area contributed by atoms with E-state index in [4.69, 9.17) is 18.9 Å². The molecule has 0 unspecified atom stereocenters. The number of methoxy groups -OCH3 is 2. The van der Waals surface area contributed by atoms with Crippen molar-refractivity contribution in [2.45, 2.75) is 90.8 Å². The van der Waals surface area contributed by atoms with Crippen LogP contribution in [0.2, 0.25) is 0 Å². The Hall–Kier alpha value is -4.36. The summed E-state index contributed by atoms with van der Waals surface area (Å²) in [6.45, 7) is 10.9. The molecule has 13 nitrogen and oxygen atoms in total. The van der Waals surface area contributed by atoms with Gasteiger partial charge in [0.25, 0.3) is 0 Å². The highest BCUT2D eigenvalue weighted by atomic mass is 35.5. The molecule has 14 heteroatoms. The molecule has 4 aliphatic heterocycles. The molecule has 290 valence electrons. The summed E-state index contributed by atoms with van der Waals surface area (Å²) < 4.78 is 20.8. The summed E-state index contributed by atoms with van der Waals surface area (Å²) in [5.41, 5.74) is 4.59. The van der Waals surface area contributed by atoms with Gasteiger partial charge in [-0.3, -0.25) is 9.59 Å². The maximum absolute atomic E-state index is 13.1. The number of halogens is 1. The minimum absolute atomic E-state index is 0. The minimum Gasteiger partial charge on any atom is -0.468 e. The van der Waals surface area contributed by atoms with E-state index in [9.17, 15) is 24.0 Å². The number of ether oxygens (including phenoxy) is 4. The second-order valence-corrected chi connectivity index (χ2v) is 15.0. The maximum atomic E-state index is 13.1. The number of nitrogens with one attached hydrogen (secondary N) is 1. The van der Waals surface area contributed by atoms with Gasteiger partial charge in [-0.25, -0.2) is 14.4 Å². The Bertz CT molecular complexity index is 1630. The van der Waals surface area contributed by atoms with Gasteiger partial charge < -0.3 is 39.0 Å². The smallest absolute Gasteiger partial charge is 0.410 e. The van der Waals surface area contributed by atoms with Crippen LogP contribution in [-0.4, -0.2) is 109 Å². The van der Waals surface area contributed by atoms with Crippen molar-refractivity contribution >= 4 is 42.4 Å². The summed E-state index contributed by atoms with van der Waals surface area (Å²) in [5, 5.41) is 3.01. The average Bonchev–Trinajstić information content (AvgIpc) is 3.80. The van der Waals surface area contributed by atoms with Crippen LogP contribution in [0.3, 0.4) is 0 Å². The molecule has 0 aromatic heterocycles. The molecule has 0 bridgehead atoms. The first-order valence-corrected chi connectivity index (χ1v) is 18.0. The van der Waals surface area contributed by atoms with Gasteiger partial charge >= 0.3 is 24.1 Å². The number of fused-ring (bicyclic) bond motifs is 2. The van der Waals surface area contributed by atoms with Crippen molar-refractivity contribution in [3.8, 4) is 0 Å². The van der Waals surface area contributed by atoms with Gasteiger partial charge in [-0.2, -0.15) is 0 Å². The van der Waals surface area contributed by atoms with Gasteiger partial charge in [-0.05, 0) is 40.5 Å². The third kappa shape index (κ3) is 10.2. The van der Waals surface area contributed by atoms with E-state index in [2.05, 4.69) is 17.4 Å². The number of esters is 2. The lowest BCUT2D eigenvalue weighted by atomic mass is 9.81. The van der Waals surface area contributed by atoms with E-state index in [1.807, 2.05) is 64.1 Å². The van der Waals surface area contributed by atoms with Crippen LogP contribution in [0.1, 0.15) is 62.8 Å². The predicted octanol–water partition coefficient (Wildman–Crippen LogP) is 4.51. The Morgan fingerprint density at radius 3 is 1.72 bits per heavy atom. The lowest BCUT2D eigenvalue weighted by Gasteiger charge is -2.32. The number of carbonyl (C=O) groups excluding carboxylic acids is 5. The van der Waals surface area contributed by atoms with Crippen molar-refractivity contribution in [3.05, 3.63) is 70.8 Å². The molecule has 1 N–H and O–H groups in total. The zero-order chi connectivity index (χ0) is 37.6. The third-order valence-electron chi connectivity index (χ3n) is 10.6. The molecule has 3 amide bonds. The van der Waals surface area contributed by atoms with E-state index in [1.54, 1.807) is 9.80 Å². The van der Waals surface area contributed by atoms with Gasteiger partial charge in [0, 0.05) is 51.5 Å². The zero-order valence-electron chi connectivity index (χ0n) is 31.5. The highest BCUT2D eigenvalue weighted by Crippen LogP contribution is 2.32. The molecule has 0 saturated carbocycles. The second kappa shape index (κ2) is 18.1. The first-order valence-electron chi connectivity index (χ1n) is 18.0. The monoisotopic (exact) mass is 756 g/mol. The lowest BCUT2D eigenvalue weighted by molar-refractivity contribution is -0.153. The molecule has 2 aromatic carbocycles. The summed E-state index contributed by atoms with van der Waals surface area (Å²) in [7, 11) is 2.66. The van der Waals surface area contributed by atoms with Crippen LogP contribution in [-0.2, 0) is 59.3 Å². The first kappa shape index (κ1) is 41.4. The van der Waals surface area contributed by atoms with Gasteiger partial charge in [0.15, 0.2) is 0 Å². The van der Waals surface area contributed by atoms with E-state index >= 15 is 0 Å². The lowest BCUT2D eigenvalue weighted by Crippen LogP contribution is -2.46. The van der Waals surface area contributed by atoms with E-state index in [0.29, 0.717) is 39.1 Å². The molecule has 4 aliphatic rings. The highest BCUT2D eigenvalue weighted by molar-refractivity contribution is 5.87. The number of carbonyl (C=O) groups is 5. The molecular formula is C39H53ClN4O9. The Kier molecular flexibility index (Phi) is 14.1. The molecule has 53 heavy (non-hydrogen) atoms. The first-order chi connectivity index (χ1) is 24.8. The summed E-state index contributed by atoms with van der Waals surface area (Å²) in [5.74, 6) is -1.19. The molecule has 2 saturated heterocycles. The summed E-state index contributed by atoms with van der Waals surface area (Å²) in [6.07, 6.45) is 0.813. The predicted molar refractivity (Wildman–Crippen MR) is 198 cm³/mol. The SMILES string of the molecule is COC(=O)[C@@H]1C[C@@H](OC(=O)N2CCc3ccccc3C2)CN1.COC(=O)[C@@H]1C[C@@H](OC(=O)N2CCc3ccccc3C2)CN1C(=O)[C@@H](C)C(C)(C)C.Cl. The molecule has 0 spiro atoms. The van der Waals surface area contributed by atoms with Gasteiger partial charge in [0.05, 0.1) is 20.8 Å². The molecule has 4 heterocycles. The van der Waals surface area contributed by atoms with Gasteiger partial charge in [0.2, 0.25) is 5.91 Å². The fourth-order valence-corrected chi connectivity index (χ4v) is 6.96. The zero-order valence-corrected chi connectivity index (χ0v) is 32.3. The van der Waals surface area contributed by atoms with Crippen LogP contribution in [0.15, 0.2) is 48.5 Å². The Morgan fingerprint density at radius 1 is 0.736 bits per heavy atom. The fourth-order valence-electron chi connectivity index (χ4n) is 6.96. The third-order valence-corrected chi connectivity index (χ3v) is 10.6. The number of amides is 3. The van der Waals surface area contributed by atoms with Gasteiger partial charge in [-0.15, -0.1) is 12.4 Å². The highest BCUT2D eigenvalue weighted by Gasteiger charge is 2.45. The molecule has 5 atom stereocenters.